The molecule has 2 heterocycles. The first-order valence-corrected chi connectivity index (χ1v) is 10.5. The second-order valence-corrected chi connectivity index (χ2v) is 8.92. The molecule has 1 aromatic carbocycles. The summed E-state index contributed by atoms with van der Waals surface area (Å²) >= 11 is 0.754. The SMILES string of the molecule is CC(C)(C)c1cc(NC(=O)CSc2ccc(C(F)(F)F)cc2[N+](=O)[O-])n(-c2ncccn2)n1. The van der Waals surface area contributed by atoms with Crippen LogP contribution in [0.5, 0.6) is 0 Å². The van der Waals surface area contributed by atoms with Gasteiger partial charge in [-0.25, -0.2) is 9.97 Å². The summed E-state index contributed by atoms with van der Waals surface area (Å²) in [5.74, 6) is -0.294. The second kappa shape index (κ2) is 9.17. The lowest BCUT2D eigenvalue weighted by atomic mass is 9.92. The first-order chi connectivity index (χ1) is 15.4. The van der Waals surface area contributed by atoms with Gasteiger partial charge in [-0.2, -0.15) is 23.0 Å². The molecular weight excluding hydrogens is 461 g/mol. The van der Waals surface area contributed by atoms with Gasteiger partial charge < -0.3 is 5.32 Å². The quantitative estimate of drug-likeness (QED) is 0.311. The minimum Gasteiger partial charge on any atom is -0.310 e. The lowest BCUT2D eigenvalue weighted by molar-refractivity contribution is -0.388. The van der Waals surface area contributed by atoms with Crippen LogP contribution in [0.25, 0.3) is 5.95 Å². The fourth-order valence-electron chi connectivity index (χ4n) is 2.67. The molecule has 0 aliphatic rings. The molecule has 0 aliphatic heterocycles. The van der Waals surface area contributed by atoms with Crippen molar-refractivity contribution in [1.82, 2.24) is 19.7 Å². The van der Waals surface area contributed by atoms with Crippen molar-refractivity contribution in [2.75, 3.05) is 11.1 Å². The fraction of sp³-hybridized carbons (Fsp3) is 0.300. The highest BCUT2D eigenvalue weighted by Gasteiger charge is 2.33. The smallest absolute Gasteiger partial charge is 0.310 e. The number of thioether (sulfide) groups is 1. The molecule has 0 spiro atoms. The number of nitrogens with one attached hydrogen (secondary N) is 1. The van der Waals surface area contributed by atoms with Gasteiger partial charge in [-0.15, -0.1) is 11.8 Å². The van der Waals surface area contributed by atoms with Gasteiger partial charge in [-0.3, -0.25) is 14.9 Å². The molecular formula is C20H19F3N6O3S. The zero-order valence-electron chi connectivity index (χ0n) is 17.8. The fourth-order valence-corrected chi connectivity index (χ4v) is 3.47. The Kier molecular flexibility index (Phi) is 6.72. The van der Waals surface area contributed by atoms with Crippen molar-refractivity contribution < 1.29 is 22.9 Å². The van der Waals surface area contributed by atoms with E-state index in [1.54, 1.807) is 12.1 Å². The molecule has 0 saturated heterocycles. The number of amides is 1. The minimum atomic E-state index is -4.71. The Morgan fingerprint density at radius 3 is 2.42 bits per heavy atom. The molecule has 3 rings (SSSR count). The Balaban J connectivity index is 1.81. The number of aromatic nitrogens is 4. The van der Waals surface area contributed by atoms with Gasteiger partial charge in [-0.05, 0) is 18.2 Å². The van der Waals surface area contributed by atoms with E-state index in [9.17, 15) is 28.1 Å². The number of nitrogens with zero attached hydrogens (tertiary/aromatic N) is 5. The largest absolute Gasteiger partial charge is 0.416 e. The summed E-state index contributed by atoms with van der Waals surface area (Å²) in [7, 11) is 0. The Labute approximate surface area is 190 Å². The van der Waals surface area contributed by atoms with Crippen molar-refractivity contribution in [3.63, 3.8) is 0 Å². The van der Waals surface area contributed by atoms with Gasteiger partial charge in [0, 0.05) is 29.9 Å². The van der Waals surface area contributed by atoms with E-state index in [1.807, 2.05) is 20.8 Å². The number of benzene rings is 1. The Hall–Kier alpha value is -3.48. The maximum absolute atomic E-state index is 12.9. The highest BCUT2D eigenvalue weighted by Crippen LogP contribution is 2.36. The van der Waals surface area contributed by atoms with Crippen LogP contribution in [0.15, 0.2) is 47.6 Å². The summed E-state index contributed by atoms with van der Waals surface area (Å²) in [6, 6.07) is 5.48. The molecule has 0 fully saturated rings. The maximum Gasteiger partial charge on any atom is 0.416 e. The first-order valence-electron chi connectivity index (χ1n) is 9.52. The van der Waals surface area contributed by atoms with Gasteiger partial charge in [0.1, 0.15) is 5.82 Å². The van der Waals surface area contributed by atoms with E-state index in [0.29, 0.717) is 17.6 Å². The molecule has 1 amide bonds. The van der Waals surface area contributed by atoms with E-state index in [1.165, 1.54) is 17.1 Å². The normalized spacial score (nSPS) is 11.9. The minimum absolute atomic E-state index is 0.0570. The molecule has 1 N–H and O–H groups in total. The van der Waals surface area contributed by atoms with Crippen LogP contribution in [-0.4, -0.2) is 36.3 Å². The molecule has 0 bridgehead atoms. The number of alkyl halides is 3. The summed E-state index contributed by atoms with van der Waals surface area (Å²) in [6.07, 6.45) is -1.67. The van der Waals surface area contributed by atoms with Crippen LogP contribution in [0.2, 0.25) is 0 Å². The number of rotatable bonds is 6. The predicted octanol–water partition coefficient (Wildman–Crippen LogP) is 4.62. The summed E-state index contributed by atoms with van der Waals surface area (Å²) < 4.78 is 40.0. The number of hydrogen-bond donors (Lipinski definition) is 1. The van der Waals surface area contributed by atoms with E-state index in [-0.39, 0.29) is 22.0 Å². The number of nitro groups is 1. The summed E-state index contributed by atoms with van der Waals surface area (Å²) in [5, 5.41) is 18.4. The van der Waals surface area contributed by atoms with Crippen LogP contribution in [0.1, 0.15) is 32.0 Å². The zero-order valence-corrected chi connectivity index (χ0v) is 18.6. The average molecular weight is 480 g/mol. The van der Waals surface area contributed by atoms with E-state index < -0.39 is 28.3 Å². The highest BCUT2D eigenvalue weighted by molar-refractivity contribution is 8.00. The zero-order chi connectivity index (χ0) is 24.4. The van der Waals surface area contributed by atoms with Crippen LogP contribution < -0.4 is 5.32 Å². The Morgan fingerprint density at radius 2 is 1.85 bits per heavy atom. The lowest BCUT2D eigenvalue weighted by Crippen LogP contribution is -2.18. The third kappa shape index (κ3) is 5.86. The van der Waals surface area contributed by atoms with Crippen LogP contribution in [-0.2, 0) is 16.4 Å². The topological polar surface area (TPSA) is 116 Å². The second-order valence-electron chi connectivity index (χ2n) is 7.90. The number of halogens is 3. The van der Waals surface area contributed by atoms with Crippen molar-refractivity contribution in [2.24, 2.45) is 0 Å². The van der Waals surface area contributed by atoms with Crippen molar-refractivity contribution in [1.29, 1.82) is 0 Å². The third-order valence-electron chi connectivity index (χ3n) is 4.33. The van der Waals surface area contributed by atoms with E-state index >= 15 is 0 Å². The van der Waals surface area contributed by atoms with Crippen LogP contribution in [0.3, 0.4) is 0 Å². The molecule has 0 saturated carbocycles. The van der Waals surface area contributed by atoms with Crippen molar-refractivity contribution in [3.8, 4) is 5.95 Å². The molecule has 3 aromatic rings. The van der Waals surface area contributed by atoms with E-state index in [0.717, 1.165) is 23.9 Å². The molecule has 0 radical (unpaired) electrons. The Morgan fingerprint density at radius 1 is 1.18 bits per heavy atom. The van der Waals surface area contributed by atoms with Gasteiger partial charge >= 0.3 is 6.18 Å². The van der Waals surface area contributed by atoms with Crippen LogP contribution in [0, 0.1) is 10.1 Å². The number of carbonyl (C=O) groups excluding carboxylic acids is 1. The average Bonchev–Trinajstić information content (AvgIpc) is 3.16. The molecule has 0 atom stereocenters. The molecule has 2 aromatic heterocycles. The first kappa shape index (κ1) is 24.2. The molecule has 0 unspecified atom stereocenters. The summed E-state index contributed by atoms with van der Waals surface area (Å²) in [4.78, 5) is 31.1. The summed E-state index contributed by atoms with van der Waals surface area (Å²) in [6.45, 7) is 5.82. The number of anilines is 1. The molecule has 9 nitrogen and oxygen atoms in total. The monoisotopic (exact) mass is 480 g/mol. The van der Waals surface area contributed by atoms with E-state index in [4.69, 9.17) is 0 Å². The number of hydrogen-bond acceptors (Lipinski definition) is 7. The maximum atomic E-state index is 12.9. The summed E-state index contributed by atoms with van der Waals surface area (Å²) in [5.41, 5.74) is -1.53. The van der Waals surface area contributed by atoms with Crippen LogP contribution in [0.4, 0.5) is 24.7 Å². The number of carbonyl (C=O) groups is 1. The third-order valence-corrected chi connectivity index (χ3v) is 5.39. The van der Waals surface area contributed by atoms with Gasteiger partial charge in [0.25, 0.3) is 11.6 Å². The van der Waals surface area contributed by atoms with Crippen molar-refractivity contribution in [3.05, 3.63) is 64.1 Å². The van der Waals surface area contributed by atoms with Gasteiger partial charge in [-0.1, -0.05) is 20.8 Å². The molecule has 33 heavy (non-hydrogen) atoms. The molecule has 13 heteroatoms. The van der Waals surface area contributed by atoms with E-state index in [2.05, 4.69) is 20.4 Å². The van der Waals surface area contributed by atoms with Crippen molar-refractivity contribution in [2.45, 2.75) is 37.3 Å². The molecule has 0 aliphatic carbocycles. The molecule has 174 valence electrons. The van der Waals surface area contributed by atoms with Gasteiger partial charge in [0.05, 0.1) is 26.8 Å². The highest BCUT2D eigenvalue weighted by atomic mass is 32.2. The number of nitro benzene ring substituents is 1. The van der Waals surface area contributed by atoms with Crippen molar-refractivity contribution >= 4 is 29.2 Å². The van der Waals surface area contributed by atoms with Gasteiger partial charge in [0.2, 0.25) is 5.91 Å². The van der Waals surface area contributed by atoms with Crippen LogP contribution >= 0.6 is 11.8 Å². The lowest BCUT2D eigenvalue weighted by Gasteiger charge is -2.13. The Bertz CT molecular complexity index is 1180. The van der Waals surface area contributed by atoms with Gasteiger partial charge in [0.15, 0.2) is 0 Å². The standard InChI is InChI=1S/C20H19F3N6O3S/c1-19(2,3)15-10-16(28(27-15)18-24-7-4-8-25-18)26-17(30)11-33-14-6-5-12(20(21,22)23)9-13(14)29(31)32/h4-10H,11H2,1-3H3,(H,26,30). The predicted molar refractivity (Wildman–Crippen MR) is 115 cm³/mol.